The zero-order chi connectivity index (χ0) is 12.5. The van der Waals surface area contributed by atoms with Gasteiger partial charge in [0.05, 0.1) is 6.10 Å². The molecule has 0 saturated carbocycles. The lowest BCUT2D eigenvalue weighted by molar-refractivity contribution is 0.00955. The molecule has 1 aliphatic rings. The minimum atomic E-state index is -1.36. The van der Waals surface area contributed by atoms with Crippen LogP contribution in [0.25, 0.3) is 0 Å². The summed E-state index contributed by atoms with van der Waals surface area (Å²) >= 11 is 5.86. The molecule has 1 fully saturated rings. The summed E-state index contributed by atoms with van der Waals surface area (Å²) in [4.78, 5) is 2.41. The molecule has 0 aliphatic carbocycles. The van der Waals surface area contributed by atoms with Gasteiger partial charge in [-0.3, -0.25) is 4.90 Å². The van der Waals surface area contributed by atoms with E-state index in [1.807, 2.05) is 12.1 Å². The maximum Gasteiger partial charge on any atom is 0.184 e. The molecule has 0 aromatic heterocycles. The molecule has 2 nitrogen and oxygen atoms in total. The van der Waals surface area contributed by atoms with E-state index in [9.17, 15) is 0 Å². The first-order valence-corrected chi connectivity index (χ1v) is 9.86. The molecule has 17 heavy (non-hydrogen) atoms. The van der Waals surface area contributed by atoms with E-state index >= 15 is 0 Å². The molecular weight excluding hydrogens is 250 g/mol. The van der Waals surface area contributed by atoms with E-state index in [2.05, 4.69) is 36.7 Å². The highest BCUT2D eigenvalue weighted by Gasteiger charge is 2.31. The van der Waals surface area contributed by atoms with Crippen LogP contribution in [-0.2, 0) is 11.0 Å². The molecule has 1 aromatic carbocycles. The molecule has 94 valence electrons. The molecular formula is C13H20ClNOSi. The third kappa shape index (κ3) is 4.10. The Morgan fingerprint density at radius 3 is 2.35 bits per heavy atom. The van der Waals surface area contributed by atoms with Crippen LogP contribution in [0, 0.1) is 0 Å². The van der Waals surface area contributed by atoms with Crippen molar-refractivity contribution in [3.8, 4) is 0 Å². The number of hydrogen-bond donors (Lipinski definition) is 0. The Bertz CT molecular complexity index is 368. The number of halogens is 1. The second kappa shape index (κ2) is 5.10. The first-order chi connectivity index (χ1) is 7.92. The summed E-state index contributed by atoms with van der Waals surface area (Å²) in [7, 11) is -1.36. The van der Waals surface area contributed by atoms with Gasteiger partial charge in [0, 0.05) is 24.7 Å². The minimum Gasteiger partial charge on any atom is -0.412 e. The van der Waals surface area contributed by atoms with Gasteiger partial charge in [0.15, 0.2) is 8.32 Å². The van der Waals surface area contributed by atoms with Crippen molar-refractivity contribution in [1.29, 1.82) is 0 Å². The topological polar surface area (TPSA) is 12.5 Å². The van der Waals surface area contributed by atoms with Crippen molar-refractivity contribution < 1.29 is 4.43 Å². The van der Waals surface area contributed by atoms with Gasteiger partial charge in [-0.2, -0.15) is 0 Å². The molecule has 4 heteroatoms. The van der Waals surface area contributed by atoms with Gasteiger partial charge in [-0.1, -0.05) is 23.7 Å². The molecule has 2 rings (SSSR count). The van der Waals surface area contributed by atoms with Crippen LogP contribution in [0.3, 0.4) is 0 Å². The highest BCUT2D eigenvalue weighted by Crippen LogP contribution is 2.20. The van der Waals surface area contributed by atoms with Crippen LogP contribution < -0.4 is 0 Å². The van der Waals surface area contributed by atoms with Gasteiger partial charge in [0.1, 0.15) is 0 Å². The highest BCUT2D eigenvalue weighted by molar-refractivity contribution is 6.69. The zero-order valence-electron chi connectivity index (χ0n) is 10.7. The number of nitrogens with zero attached hydrogens (tertiary/aromatic N) is 1. The normalized spacial score (nSPS) is 18.1. The van der Waals surface area contributed by atoms with Gasteiger partial charge in [-0.25, -0.2) is 0 Å². The van der Waals surface area contributed by atoms with E-state index in [0.717, 1.165) is 24.7 Å². The lowest BCUT2D eigenvalue weighted by Gasteiger charge is -2.42. The first kappa shape index (κ1) is 13.1. The van der Waals surface area contributed by atoms with Gasteiger partial charge < -0.3 is 4.43 Å². The maximum absolute atomic E-state index is 6.04. The van der Waals surface area contributed by atoms with Gasteiger partial charge in [-0.05, 0) is 37.3 Å². The zero-order valence-corrected chi connectivity index (χ0v) is 12.5. The summed E-state index contributed by atoms with van der Waals surface area (Å²) in [5.74, 6) is 0. The van der Waals surface area contributed by atoms with Crippen molar-refractivity contribution in [2.75, 3.05) is 13.1 Å². The third-order valence-electron chi connectivity index (χ3n) is 2.76. The summed E-state index contributed by atoms with van der Waals surface area (Å²) in [5, 5.41) is 0.803. The largest absolute Gasteiger partial charge is 0.412 e. The first-order valence-electron chi connectivity index (χ1n) is 6.07. The number of hydrogen-bond acceptors (Lipinski definition) is 2. The second-order valence-corrected chi connectivity index (χ2v) is 10.6. The van der Waals surface area contributed by atoms with Crippen LogP contribution in [0.2, 0.25) is 24.7 Å². The highest BCUT2D eigenvalue weighted by atomic mass is 35.5. The summed E-state index contributed by atoms with van der Waals surface area (Å²) in [5.41, 5.74) is 1.32. The van der Waals surface area contributed by atoms with E-state index in [1.54, 1.807) is 0 Å². The maximum atomic E-state index is 6.04. The summed E-state index contributed by atoms with van der Waals surface area (Å²) in [6.07, 6.45) is 0.453. The lowest BCUT2D eigenvalue weighted by atomic mass is 10.1. The average molecular weight is 270 g/mol. The van der Waals surface area contributed by atoms with Gasteiger partial charge in [0.25, 0.3) is 0 Å². The van der Waals surface area contributed by atoms with Gasteiger partial charge in [0.2, 0.25) is 0 Å². The Morgan fingerprint density at radius 1 is 1.24 bits per heavy atom. The quantitative estimate of drug-likeness (QED) is 0.777. The lowest BCUT2D eigenvalue weighted by Crippen LogP contribution is -2.54. The number of rotatable bonds is 4. The predicted octanol–water partition coefficient (Wildman–Crippen LogP) is 3.38. The standard InChI is InChI=1S/C13H20ClNOSi/c1-17(2,3)16-13-9-15(10-13)8-11-4-6-12(14)7-5-11/h4-7,13H,8-10H2,1-3H3. The molecule has 1 aromatic rings. The van der Waals surface area contributed by atoms with Crippen molar-refractivity contribution in [2.24, 2.45) is 0 Å². The number of likely N-dealkylation sites (tertiary alicyclic amines) is 1. The predicted molar refractivity (Wildman–Crippen MR) is 74.9 cm³/mol. The van der Waals surface area contributed by atoms with Crippen LogP contribution in [0.4, 0.5) is 0 Å². The van der Waals surface area contributed by atoms with E-state index in [4.69, 9.17) is 16.0 Å². The fourth-order valence-corrected chi connectivity index (χ4v) is 3.35. The molecule has 0 radical (unpaired) electrons. The smallest absolute Gasteiger partial charge is 0.184 e. The second-order valence-electron chi connectivity index (χ2n) is 5.67. The van der Waals surface area contributed by atoms with Crippen LogP contribution in [0.15, 0.2) is 24.3 Å². The molecule has 0 amide bonds. The fourth-order valence-electron chi connectivity index (χ4n) is 2.07. The van der Waals surface area contributed by atoms with Crippen molar-refractivity contribution in [1.82, 2.24) is 4.90 Å². The molecule has 0 bridgehead atoms. The minimum absolute atomic E-state index is 0.453. The van der Waals surface area contributed by atoms with E-state index in [1.165, 1.54) is 5.56 Å². The van der Waals surface area contributed by atoms with Gasteiger partial charge >= 0.3 is 0 Å². The fraction of sp³-hybridized carbons (Fsp3) is 0.538. The van der Waals surface area contributed by atoms with E-state index in [0.29, 0.717) is 6.10 Å². The van der Waals surface area contributed by atoms with E-state index in [-0.39, 0.29) is 0 Å². The number of benzene rings is 1. The Hall–Kier alpha value is -0.353. The molecule has 0 N–H and O–H groups in total. The van der Waals surface area contributed by atoms with Crippen LogP contribution in [0.5, 0.6) is 0 Å². The summed E-state index contributed by atoms with van der Waals surface area (Å²) in [6, 6.07) is 8.09. The third-order valence-corrected chi connectivity index (χ3v) is 4.06. The molecule has 1 aliphatic heterocycles. The van der Waals surface area contributed by atoms with Crippen LogP contribution in [0.1, 0.15) is 5.56 Å². The van der Waals surface area contributed by atoms with Crippen molar-refractivity contribution in [3.63, 3.8) is 0 Å². The molecule has 0 spiro atoms. The summed E-state index contributed by atoms with van der Waals surface area (Å²) in [6.45, 7) is 9.86. The Morgan fingerprint density at radius 2 is 1.82 bits per heavy atom. The molecule has 0 atom stereocenters. The van der Waals surface area contributed by atoms with E-state index < -0.39 is 8.32 Å². The van der Waals surface area contributed by atoms with Gasteiger partial charge in [-0.15, -0.1) is 0 Å². The van der Waals surface area contributed by atoms with Crippen LogP contribution >= 0.6 is 11.6 Å². The Kier molecular flexibility index (Phi) is 3.93. The van der Waals surface area contributed by atoms with Crippen molar-refractivity contribution in [3.05, 3.63) is 34.9 Å². The molecule has 1 saturated heterocycles. The average Bonchev–Trinajstić information content (AvgIpc) is 2.16. The SMILES string of the molecule is C[Si](C)(C)OC1CN(Cc2ccc(Cl)cc2)C1. The van der Waals surface area contributed by atoms with Crippen molar-refractivity contribution in [2.45, 2.75) is 32.3 Å². The van der Waals surface area contributed by atoms with Crippen LogP contribution in [-0.4, -0.2) is 32.4 Å². The van der Waals surface area contributed by atoms with Crippen molar-refractivity contribution >= 4 is 19.9 Å². The monoisotopic (exact) mass is 269 g/mol. The molecule has 1 heterocycles. The summed E-state index contributed by atoms with van der Waals surface area (Å²) < 4.78 is 6.04. The Balaban J connectivity index is 1.76. The Labute approximate surface area is 110 Å². The molecule has 0 unspecified atom stereocenters.